The molecular formula is C27H26ClF5O2. The van der Waals surface area contributed by atoms with E-state index in [-0.39, 0.29) is 21.9 Å². The van der Waals surface area contributed by atoms with Crippen molar-refractivity contribution >= 4 is 17.2 Å². The van der Waals surface area contributed by atoms with Crippen LogP contribution in [0.3, 0.4) is 0 Å². The first-order valence-corrected chi connectivity index (χ1v) is 11.3. The quantitative estimate of drug-likeness (QED) is 0.381. The Morgan fingerprint density at radius 1 is 1.00 bits per heavy atom. The molecule has 0 fully saturated rings. The van der Waals surface area contributed by atoms with Crippen LogP contribution in [0, 0.1) is 11.6 Å². The molecule has 3 rings (SSSR count). The van der Waals surface area contributed by atoms with E-state index in [9.17, 15) is 27.1 Å². The van der Waals surface area contributed by atoms with E-state index in [0.717, 1.165) is 12.1 Å². The molecule has 188 valence electrons. The highest BCUT2D eigenvalue weighted by molar-refractivity contribution is 6.30. The second-order valence-electron chi connectivity index (χ2n) is 9.25. The molecule has 1 atom stereocenters. The largest absolute Gasteiger partial charge is 0.496 e. The number of ether oxygens (including phenoxy) is 1. The van der Waals surface area contributed by atoms with Crippen LogP contribution in [0.1, 0.15) is 44.2 Å². The Hall–Kier alpha value is -2.64. The van der Waals surface area contributed by atoms with Gasteiger partial charge in [-0.15, -0.1) is 0 Å². The molecule has 0 heterocycles. The summed E-state index contributed by atoms with van der Waals surface area (Å²) in [4.78, 5) is 0. The van der Waals surface area contributed by atoms with Gasteiger partial charge in [0.1, 0.15) is 17.4 Å². The summed E-state index contributed by atoms with van der Waals surface area (Å²) in [5.74, 6) is -0.945. The summed E-state index contributed by atoms with van der Waals surface area (Å²) >= 11 is 5.85. The Balaban J connectivity index is 1.88. The summed E-state index contributed by atoms with van der Waals surface area (Å²) in [7, 11) is 1.35. The van der Waals surface area contributed by atoms with Crippen molar-refractivity contribution in [1.29, 1.82) is 0 Å². The average molecular weight is 513 g/mol. The second-order valence-corrected chi connectivity index (χ2v) is 9.66. The molecule has 1 unspecified atom stereocenters. The van der Waals surface area contributed by atoms with Gasteiger partial charge >= 0.3 is 6.18 Å². The Kier molecular flexibility index (Phi) is 7.82. The van der Waals surface area contributed by atoms with Gasteiger partial charge in [-0.1, -0.05) is 55.8 Å². The molecule has 0 amide bonds. The minimum absolute atomic E-state index is 0.0596. The molecule has 2 aromatic carbocycles. The SMILES string of the molecule is COc1ccc(F)cc1C(C)(C)CC(O)(CC1=CCC=C(c2ccc(F)c(Cl)c2)C=C1)C(F)(F)F. The van der Waals surface area contributed by atoms with E-state index in [1.807, 2.05) is 0 Å². The molecule has 0 aliphatic heterocycles. The monoisotopic (exact) mass is 512 g/mol. The Morgan fingerprint density at radius 3 is 2.34 bits per heavy atom. The predicted molar refractivity (Wildman–Crippen MR) is 127 cm³/mol. The second kappa shape index (κ2) is 10.2. The van der Waals surface area contributed by atoms with Crippen LogP contribution in [0.5, 0.6) is 5.75 Å². The number of alkyl halides is 3. The molecule has 0 radical (unpaired) electrons. The molecule has 1 aliphatic rings. The third-order valence-corrected chi connectivity index (χ3v) is 6.39. The molecule has 35 heavy (non-hydrogen) atoms. The van der Waals surface area contributed by atoms with E-state index >= 15 is 0 Å². The van der Waals surface area contributed by atoms with Crippen LogP contribution in [-0.2, 0) is 5.41 Å². The fraction of sp³-hybridized carbons (Fsp3) is 0.333. The average Bonchev–Trinajstić information content (AvgIpc) is 3.00. The third-order valence-electron chi connectivity index (χ3n) is 6.10. The normalized spacial score (nSPS) is 16.3. The molecular weight excluding hydrogens is 487 g/mol. The molecule has 1 aliphatic carbocycles. The maximum atomic E-state index is 14.2. The van der Waals surface area contributed by atoms with E-state index in [0.29, 0.717) is 17.6 Å². The van der Waals surface area contributed by atoms with Crippen molar-refractivity contribution < 1.29 is 31.8 Å². The van der Waals surface area contributed by atoms with E-state index in [1.165, 1.54) is 51.3 Å². The number of allylic oxidation sites excluding steroid dienone is 5. The van der Waals surface area contributed by atoms with E-state index in [2.05, 4.69) is 0 Å². The number of rotatable bonds is 7. The summed E-state index contributed by atoms with van der Waals surface area (Å²) < 4.78 is 75.3. The number of methoxy groups -OCH3 is 1. The summed E-state index contributed by atoms with van der Waals surface area (Å²) in [5, 5.41) is 10.9. The number of hydrogen-bond acceptors (Lipinski definition) is 2. The minimum Gasteiger partial charge on any atom is -0.496 e. The molecule has 0 aromatic heterocycles. The fourth-order valence-electron chi connectivity index (χ4n) is 4.33. The molecule has 2 aromatic rings. The highest BCUT2D eigenvalue weighted by atomic mass is 35.5. The van der Waals surface area contributed by atoms with Gasteiger partial charge in [0.25, 0.3) is 0 Å². The smallest absolute Gasteiger partial charge is 0.417 e. The Morgan fingerprint density at radius 2 is 1.71 bits per heavy atom. The lowest BCUT2D eigenvalue weighted by atomic mass is 9.72. The van der Waals surface area contributed by atoms with E-state index in [1.54, 1.807) is 18.2 Å². The number of aliphatic hydroxyl groups is 1. The van der Waals surface area contributed by atoms with Crippen molar-refractivity contribution in [3.05, 3.63) is 94.1 Å². The molecule has 0 spiro atoms. The van der Waals surface area contributed by atoms with Gasteiger partial charge < -0.3 is 9.84 Å². The first-order chi connectivity index (χ1) is 16.3. The first-order valence-electron chi connectivity index (χ1n) is 10.9. The fourth-order valence-corrected chi connectivity index (χ4v) is 4.51. The lowest BCUT2D eigenvalue weighted by Gasteiger charge is -2.38. The van der Waals surface area contributed by atoms with Crippen LogP contribution >= 0.6 is 11.6 Å². The Labute approximate surface area is 206 Å². The number of halogens is 6. The van der Waals surface area contributed by atoms with Crippen LogP contribution in [0.15, 0.2) is 66.3 Å². The summed E-state index contributed by atoms with van der Waals surface area (Å²) in [6, 6.07) is 7.84. The standard InChI is InChI=1S/C27H26ClF5O2/c1-25(2,21-14-20(29)10-12-24(21)35-3)16-26(34,27(31,32)33)15-17-5-4-6-18(8-7-17)19-9-11-23(30)22(28)13-19/h5-14,34H,4,15-16H2,1-3H3. The molecule has 8 heteroatoms. The molecule has 0 saturated carbocycles. The van der Waals surface area contributed by atoms with Gasteiger partial charge in [-0.25, -0.2) is 8.78 Å². The first kappa shape index (κ1) is 27.0. The van der Waals surface area contributed by atoms with Crippen molar-refractivity contribution in [3.8, 4) is 5.75 Å². The maximum Gasteiger partial charge on any atom is 0.417 e. The maximum absolute atomic E-state index is 14.2. The molecule has 0 saturated heterocycles. The van der Waals surface area contributed by atoms with Gasteiger partial charge in [-0.3, -0.25) is 0 Å². The van der Waals surface area contributed by atoms with Crippen molar-refractivity contribution in [1.82, 2.24) is 0 Å². The predicted octanol–water partition coefficient (Wildman–Crippen LogP) is 7.95. The van der Waals surface area contributed by atoms with Gasteiger partial charge in [0, 0.05) is 12.0 Å². The van der Waals surface area contributed by atoms with Gasteiger partial charge in [-0.05, 0) is 65.3 Å². The summed E-state index contributed by atoms with van der Waals surface area (Å²) in [6.07, 6.45) is 0.431. The highest BCUT2D eigenvalue weighted by Gasteiger charge is 2.56. The van der Waals surface area contributed by atoms with Crippen LogP contribution < -0.4 is 4.74 Å². The lowest BCUT2D eigenvalue weighted by molar-refractivity contribution is -0.266. The minimum atomic E-state index is -4.95. The Bertz CT molecular complexity index is 1180. The summed E-state index contributed by atoms with van der Waals surface area (Å²) in [6.45, 7) is 3.02. The van der Waals surface area contributed by atoms with Crippen LogP contribution in [0.25, 0.3) is 5.57 Å². The summed E-state index contributed by atoms with van der Waals surface area (Å²) in [5.41, 5.74) is -2.57. The van der Waals surface area contributed by atoms with E-state index in [4.69, 9.17) is 16.3 Å². The van der Waals surface area contributed by atoms with Gasteiger partial charge in [-0.2, -0.15) is 13.2 Å². The van der Waals surface area contributed by atoms with Gasteiger partial charge in [0.15, 0.2) is 5.60 Å². The zero-order valence-corrected chi connectivity index (χ0v) is 20.3. The number of benzene rings is 2. The van der Waals surface area contributed by atoms with Crippen molar-refractivity contribution in [2.45, 2.75) is 50.3 Å². The highest BCUT2D eigenvalue weighted by Crippen LogP contribution is 2.46. The van der Waals surface area contributed by atoms with E-state index < -0.39 is 41.7 Å². The van der Waals surface area contributed by atoms with Crippen LogP contribution in [-0.4, -0.2) is 24.0 Å². The van der Waals surface area contributed by atoms with Crippen LogP contribution in [0.2, 0.25) is 5.02 Å². The van der Waals surface area contributed by atoms with Crippen molar-refractivity contribution in [3.63, 3.8) is 0 Å². The van der Waals surface area contributed by atoms with Crippen LogP contribution in [0.4, 0.5) is 22.0 Å². The van der Waals surface area contributed by atoms with Crippen molar-refractivity contribution in [2.75, 3.05) is 7.11 Å². The van der Waals surface area contributed by atoms with Gasteiger partial charge in [0.2, 0.25) is 0 Å². The molecule has 2 nitrogen and oxygen atoms in total. The molecule has 1 N–H and O–H groups in total. The van der Waals surface area contributed by atoms with Crippen molar-refractivity contribution in [2.24, 2.45) is 0 Å². The zero-order valence-electron chi connectivity index (χ0n) is 19.5. The lowest BCUT2D eigenvalue weighted by Crippen LogP contribution is -2.49. The van der Waals surface area contributed by atoms with Gasteiger partial charge in [0.05, 0.1) is 12.1 Å². The topological polar surface area (TPSA) is 29.5 Å². The zero-order chi connectivity index (χ0) is 26.0. The third kappa shape index (κ3) is 6.14. The number of hydrogen-bond donors (Lipinski definition) is 1. The molecule has 0 bridgehead atoms.